The van der Waals surface area contributed by atoms with E-state index in [4.69, 9.17) is 5.26 Å². The van der Waals surface area contributed by atoms with Gasteiger partial charge in [0, 0.05) is 18.8 Å². The maximum Gasteiger partial charge on any atom is 0.329 e. The van der Waals surface area contributed by atoms with Gasteiger partial charge in [-0.05, 0) is 25.0 Å². The minimum atomic E-state index is -4.14. The molecule has 2 heterocycles. The average Bonchev–Trinajstić information content (AvgIpc) is 3.29. The number of hydrogen-bond acceptors (Lipinski definition) is 6. The van der Waals surface area contributed by atoms with Gasteiger partial charge < -0.3 is 4.98 Å². The lowest BCUT2D eigenvalue weighted by atomic mass is 10.2. The third kappa shape index (κ3) is 3.36. The van der Waals surface area contributed by atoms with Crippen LogP contribution < -0.4 is 11.2 Å². The van der Waals surface area contributed by atoms with Gasteiger partial charge in [0.15, 0.2) is 9.84 Å². The minimum Gasteiger partial charge on any atom is -0.307 e. The normalized spacial score (nSPS) is 15.3. The summed E-state index contributed by atoms with van der Waals surface area (Å²) in [5.41, 5.74) is -1.99. The lowest BCUT2D eigenvalue weighted by Crippen LogP contribution is -2.35. The van der Waals surface area contributed by atoms with Crippen molar-refractivity contribution in [2.45, 2.75) is 24.3 Å². The molecule has 0 unspecified atom stereocenters. The van der Waals surface area contributed by atoms with Gasteiger partial charge in [-0.1, -0.05) is 0 Å². The van der Waals surface area contributed by atoms with Gasteiger partial charge in [-0.25, -0.2) is 17.6 Å². The SMILES string of the molecule is Cn1cc(Cn2c(=O)[nH]c3cc(F)c(S(=O)(=O)CC4(C#N)CC4)cc3c2=O)cn1. The van der Waals surface area contributed by atoms with Gasteiger partial charge in [-0.2, -0.15) is 10.4 Å². The monoisotopic (exact) mass is 417 g/mol. The quantitative estimate of drug-likeness (QED) is 0.650. The zero-order valence-corrected chi connectivity index (χ0v) is 16.2. The van der Waals surface area contributed by atoms with E-state index in [9.17, 15) is 22.4 Å². The van der Waals surface area contributed by atoms with Crippen LogP contribution in [0.2, 0.25) is 0 Å². The van der Waals surface area contributed by atoms with E-state index in [1.54, 1.807) is 13.2 Å². The minimum absolute atomic E-state index is 0.0745. The molecule has 0 spiro atoms. The van der Waals surface area contributed by atoms with Gasteiger partial charge in [0.05, 0.1) is 40.9 Å². The molecule has 9 nitrogen and oxygen atoms in total. The molecule has 1 fully saturated rings. The zero-order valence-electron chi connectivity index (χ0n) is 15.3. The highest BCUT2D eigenvalue weighted by Crippen LogP contribution is 2.47. The molecule has 0 radical (unpaired) electrons. The van der Waals surface area contributed by atoms with Crippen molar-refractivity contribution in [2.75, 3.05) is 5.75 Å². The number of benzene rings is 1. The molecular weight excluding hydrogens is 401 g/mol. The first-order valence-corrected chi connectivity index (χ1v) is 10.4. The summed E-state index contributed by atoms with van der Waals surface area (Å²) >= 11 is 0. The topological polar surface area (TPSA) is 131 Å². The van der Waals surface area contributed by atoms with Crippen LogP contribution in [0, 0.1) is 22.6 Å². The van der Waals surface area contributed by atoms with E-state index in [1.807, 2.05) is 6.07 Å². The summed E-state index contributed by atoms with van der Waals surface area (Å²) in [5, 5.41) is 13.0. The third-order valence-electron chi connectivity index (χ3n) is 5.03. The molecule has 0 amide bonds. The lowest BCUT2D eigenvalue weighted by molar-refractivity contribution is 0.560. The van der Waals surface area contributed by atoms with Gasteiger partial charge in [0.2, 0.25) is 0 Å². The molecule has 0 atom stereocenters. The largest absolute Gasteiger partial charge is 0.329 e. The molecule has 1 saturated carbocycles. The predicted molar refractivity (Wildman–Crippen MR) is 100 cm³/mol. The fourth-order valence-electron chi connectivity index (χ4n) is 3.25. The number of H-pyrrole nitrogens is 1. The molecule has 3 aromatic rings. The van der Waals surface area contributed by atoms with E-state index < -0.39 is 43.0 Å². The number of halogens is 1. The summed E-state index contributed by atoms with van der Waals surface area (Å²) in [4.78, 5) is 26.9. The van der Waals surface area contributed by atoms with Crippen LogP contribution in [0.4, 0.5) is 4.39 Å². The summed E-state index contributed by atoms with van der Waals surface area (Å²) < 4.78 is 42.3. The second kappa shape index (κ2) is 6.38. The van der Waals surface area contributed by atoms with Gasteiger partial charge >= 0.3 is 5.69 Å². The van der Waals surface area contributed by atoms with Crippen LogP contribution in [0.5, 0.6) is 0 Å². The number of fused-ring (bicyclic) bond motifs is 1. The fraction of sp³-hybridized carbons (Fsp3) is 0.333. The van der Waals surface area contributed by atoms with Crippen LogP contribution >= 0.6 is 0 Å². The second-order valence-corrected chi connectivity index (χ2v) is 9.28. The summed E-state index contributed by atoms with van der Waals surface area (Å²) in [6, 6.07) is 3.73. The first kappa shape index (κ1) is 19.1. The van der Waals surface area contributed by atoms with Crippen molar-refractivity contribution < 1.29 is 12.8 Å². The van der Waals surface area contributed by atoms with Crippen LogP contribution in [0.25, 0.3) is 10.9 Å². The number of nitrogens with zero attached hydrogens (tertiary/aromatic N) is 4. The number of aromatic nitrogens is 4. The molecular formula is C18H16FN5O4S. The van der Waals surface area contributed by atoms with Gasteiger partial charge in [-0.15, -0.1) is 0 Å². The molecule has 2 aromatic heterocycles. The standard InChI is InChI=1S/C18H16FN5O4S/c1-23-7-11(6-21-23)8-24-16(25)12-4-15(13(19)5-14(12)22-17(24)26)29(27,28)10-18(9-20)2-3-18/h4-7H,2-3,8,10H2,1H3,(H,22,26). The summed E-state index contributed by atoms with van der Waals surface area (Å²) in [7, 11) is -2.45. The van der Waals surface area contributed by atoms with Crippen molar-refractivity contribution in [3.8, 4) is 6.07 Å². The number of rotatable bonds is 5. The molecule has 0 aliphatic heterocycles. The smallest absolute Gasteiger partial charge is 0.307 e. The van der Waals surface area contributed by atoms with Crippen molar-refractivity contribution in [3.63, 3.8) is 0 Å². The highest BCUT2D eigenvalue weighted by molar-refractivity contribution is 7.91. The van der Waals surface area contributed by atoms with E-state index in [2.05, 4.69) is 10.1 Å². The van der Waals surface area contributed by atoms with Crippen molar-refractivity contribution in [1.82, 2.24) is 19.3 Å². The van der Waals surface area contributed by atoms with Crippen LogP contribution in [-0.4, -0.2) is 33.5 Å². The Kier molecular flexibility index (Phi) is 4.20. The van der Waals surface area contributed by atoms with E-state index in [0.717, 1.165) is 16.7 Å². The Hall–Kier alpha value is -3.26. The van der Waals surface area contributed by atoms with Gasteiger partial charge in [0.1, 0.15) is 10.7 Å². The number of aryl methyl sites for hydroxylation is 1. The Bertz CT molecular complexity index is 1410. The Morgan fingerprint density at radius 2 is 2.07 bits per heavy atom. The highest BCUT2D eigenvalue weighted by Gasteiger charge is 2.47. The summed E-state index contributed by atoms with van der Waals surface area (Å²) in [5.74, 6) is -1.59. The lowest BCUT2D eigenvalue weighted by Gasteiger charge is -2.11. The number of sulfone groups is 1. The second-order valence-electron chi connectivity index (χ2n) is 7.32. The van der Waals surface area contributed by atoms with Gasteiger partial charge in [-0.3, -0.25) is 14.0 Å². The first-order chi connectivity index (χ1) is 13.6. The van der Waals surface area contributed by atoms with E-state index in [0.29, 0.717) is 18.4 Å². The molecule has 4 rings (SSSR count). The van der Waals surface area contributed by atoms with Gasteiger partial charge in [0.25, 0.3) is 5.56 Å². The van der Waals surface area contributed by atoms with Crippen molar-refractivity contribution >= 4 is 20.7 Å². The Labute approximate surface area is 163 Å². The van der Waals surface area contributed by atoms with Crippen LogP contribution in [0.3, 0.4) is 0 Å². The zero-order chi connectivity index (χ0) is 21.0. The maximum atomic E-state index is 14.5. The van der Waals surface area contributed by atoms with Crippen LogP contribution in [-0.2, 0) is 23.4 Å². The first-order valence-electron chi connectivity index (χ1n) is 8.72. The molecule has 150 valence electrons. The molecule has 0 saturated heterocycles. The Morgan fingerprint density at radius 1 is 1.34 bits per heavy atom. The summed E-state index contributed by atoms with van der Waals surface area (Å²) in [6.45, 7) is -0.0745. The molecule has 1 aromatic carbocycles. The molecule has 1 aliphatic rings. The predicted octanol–water partition coefficient (Wildman–Crippen LogP) is 0.688. The van der Waals surface area contributed by atoms with E-state index in [1.165, 1.54) is 10.9 Å². The average molecular weight is 417 g/mol. The molecule has 11 heteroatoms. The number of nitrogens with one attached hydrogen (secondary N) is 1. The maximum absolute atomic E-state index is 14.5. The van der Waals surface area contributed by atoms with E-state index in [-0.39, 0.29) is 17.4 Å². The summed E-state index contributed by atoms with van der Waals surface area (Å²) in [6.07, 6.45) is 3.99. The Balaban J connectivity index is 1.85. The molecule has 29 heavy (non-hydrogen) atoms. The molecule has 0 bridgehead atoms. The van der Waals surface area contributed by atoms with Crippen LogP contribution in [0.1, 0.15) is 18.4 Å². The molecule has 1 aliphatic carbocycles. The van der Waals surface area contributed by atoms with Crippen molar-refractivity contribution in [2.24, 2.45) is 12.5 Å². The fourth-order valence-corrected chi connectivity index (χ4v) is 5.14. The Morgan fingerprint density at radius 3 is 2.66 bits per heavy atom. The van der Waals surface area contributed by atoms with Crippen molar-refractivity contribution in [3.05, 3.63) is 56.7 Å². The molecule has 1 N–H and O–H groups in total. The third-order valence-corrected chi connectivity index (χ3v) is 6.94. The number of nitriles is 1. The van der Waals surface area contributed by atoms with Crippen molar-refractivity contribution in [1.29, 1.82) is 5.26 Å². The van der Waals surface area contributed by atoms with E-state index >= 15 is 0 Å². The highest BCUT2D eigenvalue weighted by atomic mass is 32.2. The number of aromatic amines is 1. The number of hydrogen-bond donors (Lipinski definition) is 1. The van der Waals surface area contributed by atoms with Crippen LogP contribution in [0.15, 0.2) is 39.0 Å².